The van der Waals surface area contributed by atoms with E-state index in [1.54, 1.807) is 0 Å². The van der Waals surface area contributed by atoms with Crippen molar-refractivity contribution in [2.45, 2.75) is 4.90 Å². The maximum Gasteiger partial charge on any atom is 0.261 e. The van der Waals surface area contributed by atoms with Crippen molar-refractivity contribution < 1.29 is 22.7 Å². The second kappa shape index (κ2) is 5.38. The highest BCUT2D eigenvalue weighted by Gasteiger charge is 2.15. The monoisotopic (exact) mass is 297 g/mol. The summed E-state index contributed by atoms with van der Waals surface area (Å²) in [6.45, 7) is 0. The predicted molar refractivity (Wildman–Crippen MR) is 71.9 cm³/mol. The molecular weight excluding hydrogens is 285 g/mol. The highest BCUT2D eigenvalue weighted by molar-refractivity contribution is 7.92. The zero-order valence-corrected chi connectivity index (χ0v) is 11.3. The van der Waals surface area contributed by atoms with Gasteiger partial charge in [0, 0.05) is 6.07 Å². The van der Waals surface area contributed by atoms with Crippen molar-refractivity contribution in [3.63, 3.8) is 0 Å². The lowest BCUT2D eigenvalue weighted by Gasteiger charge is -2.10. The van der Waals surface area contributed by atoms with Crippen molar-refractivity contribution in [2.75, 3.05) is 11.8 Å². The number of benzene rings is 2. The van der Waals surface area contributed by atoms with E-state index in [1.165, 1.54) is 25.3 Å². The zero-order valence-electron chi connectivity index (χ0n) is 10.5. The first-order chi connectivity index (χ1) is 9.42. The van der Waals surface area contributed by atoms with Crippen LogP contribution in [0.25, 0.3) is 0 Å². The molecule has 0 radical (unpaired) electrons. The Morgan fingerprint density at radius 1 is 1.15 bits per heavy atom. The van der Waals surface area contributed by atoms with Gasteiger partial charge in [-0.3, -0.25) is 4.72 Å². The van der Waals surface area contributed by atoms with E-state index in [2.05, 4.69) is 4.72 Å². The molecule has 0 aromatic heterocycles. The van der Waals surface area contributed by atoms with Crippen LogP contribution < -0.4 is 9.46 Å². The number of methoxy groups -OCH3 is 1. The van der Waals surface area contributed by atoms with E-state index in [0.717, 1.165) is 24.3 Å². The highest BCUT2D eigenvalue weighted by Crippen LogP contribution is 2.29. The smallest absolute Gasteiger partial charge is 0.261 e. The largest absolute Gasteiger partial charge is 0.504 e. The molecule has 0 amide bonds. The highest BCUT2D eigenvalue weighted by atomic mass is 32.2. The Morgan fingerprint density at radius 3 is 2.35 bits per heavy atom. The molecule has 0 saturated carbocycles. The van der Waals surface area contributed by atoms with Gasteiger partial charge in [-0.25, -0.2) is 12.8 Å². The first-order valence-corrected chi connectivity index (χ1v) is 7.06. The molecule has 0 atom stereocenters. The standard InChI is InChI=1S/C13H12FNO4S/c1-19-13-7-4-10(8-12(13)16)15-20(17,18)11-5-2-9(14)3-6-11/h2-8,15-16H,1H3. The molecule has 106 valence electrons. The maximum atomic E-state index is 12.8. The van der Waals surface area contributed by atoms with E-state index in [4.69, 9.17) is 4.74 Å². The van der Waals surface area contributed by atoms with Crippen molar-refractivity contribution in [2.24, 2.45) is 0 Å². The van der Waals surface area contributed by atoms with Crippen LogP contribution in [0.3, 0.4) is 0 Å². The first-order valence-electron chi connectivity index (χ1n) is 5.58. The average molecular weight is 297 g/mol. The van der Waals surface area contributed by atoms with Crippen LogP contribution in [0.1, 0.15) is 0 Å². The van der Waals surface area contributed by atoms with Crippen LogP contribution in [0.4, 0.5) is 10.1 Å². The Labute approximate surface area is 115 Å². The van der Waals surface area contributed by atoms with Crippen molar-refractivity contribution in [1.82, 2.24) is 0 Å². The van der Waals surface area contributed by atoms with Gasteiger partial charge in [-0.05, 0) is 36.4 Å². The number of rotatable bonds is 4. The number of phenols is 1. The normalized spacial score (nSPS) is 11.1. The summed E-state index contributed by atoms with van der Waals surface area (Å²) in [5.74, 6) is -0.479. The first kappa shape index (κ1) is 14.1. The van der Waals surface area contributed by atoms with Gasteiger partial charge in [0.25, 0.3) is 10.0 Å². The summed E-state index contributed by atoms with van der Waals surface area (Å²) in [6, 6.07) is 8.51. The Hall–Kier alpha value is -2.28. The molecule has 7 heteroatoms. The van der Waals surface area contributed by atoms with E-state index < -0.39 is 15.8 Å². The van der Waals surface area contributed by atoms with Crippen LogP contribution in [0.2, 0.25) is 0 Å². The minimum absolute atomic E-state index is 0.0748. The van der Waals surface area contributed by atoms with Gasteiger partial charge >= 0.3 is 0 Å². The molecule has 0 aliphatic heterocycles. The van der Waals surface area contributed by atoms with Gasteiger partial charge in [0.15, 0.2) is 11.5 Å². The Kier molecular flexibility index (Phi) is 3.80. The summed E-state index contributed by atoms with van der Waals surface area (Å²) in [5.41, 5.74) is 0.174. The number of hydrogen-bond donors (Lipinski definition) is 2. The van der Waals surface area contributed by atoms with E-state index in [9.17, 15) is 17.9 Å². The minimum atomic E-state index is -3.84. The van der Waals surface area contributed by atoms with Gasteiger partial charge in [-0.2, -0.15) is 0 Å². The maximum absolute atomic E-state index is 12.8. The van der Waals surface area contributed by atoms with Gasteiger partial charge in [-0.15, -0.1) is 0 Å². The third kappa shape index (κ3) is 3.00. The fourth-order valence-corrected chi connectivity index (χ4v) is 2.63. The SMILES string of the molecule is COc1ccc(NS(=O)(=O)c2ccc(F)cc2)cc1O. The Bertz CT molecular complexity index is 714. The van der Waals surface area contributed by atoms with Gasteiger partial charge in [-0.1, -0.05) is 0 Å². The summed E-state index contributed by atoms with van der Waals surface area (Å²) in [4.78, 5) is -0.0748. The molecule has 20 heavy (non-hydrogen) atoms. The number of ether oxygens (including phenoxy) is 1. The molecule has 5 nitrogen and oxygen atoms in total. The van der Waals surface area contributed by atoms with Gasteiger partial charge in [0.05, 0.1) is 17.7 Å². The average Bonchev–Trinajstić information content (AvgIpc) is 2.39. The zero-order chi connectivity index (χ0) is 14.8. The number of hydrogen-bond acceptors (Lipinski definition) is 4. The van der Waals surface area contributed by atoms with Gasteiger partial charge < -0.3 is 9.84 Å². The van der Waals surface area contributed by atoms with E-state index >= 15 is 0 Å². The molecule has 0 bridgehead atoms. The lowest BCUT2D eigenvalue weighted by atomic mass is 10.3. The molecular formula is C13H12FNO4S. The molecule has 0 aliphatic carbocycles. The minimum Gasteiger partial charge on any atom is -0.504 e. The quantitative estimate of drug-likeness (QED) is 0.908. The third-order valence-electron chi connectivity index (χ3n) is 2.56. The van der Waals surface area contributed by atoms with E-state index in [-0.39, 0.29) is 22.1 Å². The topological polar surface area (TPSA) is 75.6 Å². The van der Waals surface area contributed by atoms with Gasteiger partial charge in [0.1, 0.15) is 5.82 Å². The molecule has 2 aromatic carbocycles. The summed E-state index contributed by atoms with van der Waals surface area (Å²) < 4.78 is 44.0. The molecule has 0 spiro atoms. The third-order valence-corrected chi connectivity index (χ3v) is 3.95. The lowest BCUT2D eigenvalue weighted by Crippen LogP contribution is -2.12. The van der Waals surface area contributed by atoms with Crippen LogP contribution in [0.5, 0.6) is 11.5 Å². The van der Waals surface area contributed by atoms with E-state index in [1.807, 2.05) is 0 Å². The van der Waals surface area contributed by atoms with Gasteiger partial charge in [0.2, 0.25) is 0 Å². The molecule has 0 saturated heterocycles. The fourth-order valence-electron chi connectivity index (χ4n) is 1.58. The second-order valence-electron chi connectivity index (χ2n) is 3.95. The summed E-state index contributed by atoms with van der Waals surface area (Å²) in [6.07, 6.45) is 0. The number of halogens is 1. The molecule has 0 fully saturated rings. The number of anilines is 1. The van der Waals surface area contributed by atoms with Crippen LogP contribution >= 0.6 is 0 Å². The van der Waals surface area contributed by atoms with Crippen LogP contribution in [-0.2, 0) is 10.0 Å². The number of phenolic OH excluding ortho intramolecular Hbond substituents is 1. The number of aromatic hydroxyl groups is 1. The van der Waals surface area contributed by atoms with Crippen molar-refractivity contribution in [1.29, 1.82) is 0 Å². The van der Waals surface area contributed by atoms with Crippen molar-refractivity contribution in [3.05, 3.63) is 48.3 Å². The second-order valence-corrected chi connectivity index (χ2v) is 5.63. The predicted octanol–water partition coefficient (Wildman–Crippen LogP) is 2.34. The van der Waals surface area contributed by atoms with Crippen molar-refractivity contribution in [3.8, 4) is 11.5 Å². The lowest BCUT2D eigenvalue weighted by molar-refractivity contribution is 0.373. The summed E-state index contributed by atoms with van der Waals surface area (Å²) in [5, 5.41) is 9.59. The molecule has 2 aromatic rings. The van der Waals surface area contributed by atoms with Crippen molar-refractivity contribution >= 4 is 15.7 Å². The summed E-state index contributed by atoms with van der Waals surface area (Å²) in [7, 11) is -2.45. The van der Waals surface area contributed by atoms with Crippen LogP contribution in [0, 0.1) is 5.82 Å². The fraction of sp³-hybridized carbons (Fsp3) is 0.0769. The molecule has 0 aliphatic rings. The molecule has 0 unspecified atom stereocenters. The van der Waals surface area contributed by atoms with Crippen LogP contribution in [-0.4, -0.2) is 20.6 Å². The molecule has 2 rings (SSSR count). The Morgan fingerprint density at radius 2 is 1.80 bits per heavy atom. The number of sulfonamides is 1. The number of nitrogens with one attached hydrogen (secondary N) is 1. The molecule has 0 heterocycles. The van der Waals surface area contributed by atoms with E-state index in [0.29, 0.717) is 0 Å². The Balaban J connectivity index is 2.28. The van der Waals surface area contributed by atoms with Crippen LogP contribution in [0.15, 0.2) is 47.4 Å². The molecule has 2 N–H and O–H groups in total. The summed E-state index contributed by atoms with van der Waals surface area (Å²) >= 11 is 0.